The first-order chi connectivity index (χ1) is 5.21. The highest BCUT2D eigenvalue weighted by atomic mass is 35.5. The van der Waals surface area contributed by atoms with Crippen molar-refractivity contribution in [2.24, 2.45) is 11.8 Å². The second-order valence-electron chi connectivity index (χ2n) is 4.18. The molecule has 1 saturated carbocycles. The van der Waals surface area contributed by atoms with Crippen LogP contribution < -0.4 is 5.32 Å². The highest BCUT2D eigenvalue weighted by molar-refractivity contribution is 5.85. The Morgan fingerprint density at radius 2 is 2.08 bits per heavy atom. The Bertz CT molecular complexity index is 151. The van der Waals surface area contributed by atoms with E-state index in [1.165, 1.54) is 12.8 Å². The molecule has 0 aromatic heterocycles. The monoisotopic (exact) mass is 191 g/mol. The van der Waals surface area contributed by atoms with Crippen LogP contribution in [0, 0.1) is 11.8 Å². The van der Waals surface area contributed by atoms with Gasteiger partial charge in [0.25, 0.3) is 0 Å². The fourth-order valence-corrected chi connectivity index (χ4v) is 1.70. The van der Waals surface area contributed by atoms with Crippen LogP contribution in [-0.2, 0) is 4.74 Å². The predicted octanol–water partition coefficient (Wildman–Crippen LogP) is 1.79. The molecule has 0 aromatic rings. The summed E-state index contributed by atoms with van der Waals surface area (Å²) in [6.07, 6.45) is 2.69. The zero-order valence-corrected chi connectivity index (χ0v) is 8.62. The molecular formula is C9H18ClNO. The third-order valence-corrected chi connectivity index (χ3v) is 2.83. The van der Waals surface area contributed by atoms with E-state index in [0.29, 0.717) is 5.92 Å². The first kappa shape index (κ1) is 10.3. The average Bonchev–Trinajstić information content (AvgIpc) is 2.77. The minimum absolute atomic E-state index is 0. The first-order valence-electron chi connectivity index (χ1n) is 4.60. The predicted molar refractivity (Wildman–Crippen MR) is 51.5 cm³/mol. The van der Waals surface area contributed by atoms with E-state index in [2.05, 4.69) is 19.2 Å². The summed E-state index contributed by atoms with van der Waals surface area (Å²) >= 11 is 0. The van der Waals surface area contributed by atoms with Crippen LogP contribution in [0.25, 0.3) is 0 Å². The zero-order chi connectivity index (χ0) is 7.90. The highest BCUT2D eigenvalue weighted by Crippen LogP contribution is 2.41. The standard InChI is InChI=1S/C9H17NO.ClH/c1-7-5-10-9(2,11-6-7)8-3-4-8;/h7-8,10H,3-6H2,1-2H3;1H. The van der Waals surface area contributed by atoms with Crippen molar-refractivity contribution in [3.8, 4) is 0 Å². The lowest BCUT2D eigenvalue weighted by atomic mass is 10.1. The van der Waals surface area contributed by atoms with Gasteiger partial charge in [-0.15, -0.1) is 12.4 Å². The molecule has 2 nitrogen and oxygen atoms in total. The summed E-state index contributed by atoms with van der Waals surface area (Å²) in [5.74, 6) is 1.47. The van der Waals surface area contributed by atoms with Crippen LogP contribution in [0.1, 0.15) is 26.7 Å². The molecule has 1 aliphatic heterocycles. The fraction of sp³-hybridized carbons (Fsp3) is 1.00. The number of ether oxygens (including phenoxy) is 1. The molecule has 0 spiro atoms. The van der Waals surface area contributed by atoms with Crippen LogP contribution in [0.15, 0.2) is 0 Å². The molecule has 1 heterocycles. The van der Waals surface area contributed by atoms with E-state index in [1.54, 1.807) is 0 Å². The van der Waals surface area contributed by atoms with E-state index in [1.807, 2.05) is 0 Å². The van der Waals surface area contributed by atoms with Gasteiger partial charge in [0.2, 0.25) is 0 Å². The Kier molecular flexibility index (Phi) is 3.02. The smallest absolute Gasteiger partial charge is 0.119 e. The van der Waals surface area contributed by atoms with Crippen molar-refractivity contribution in [3.63, 3.8) is 0 Å². The van der Waals surface area contributed by atoms with Crippen LogP contribution in [0.2, 0.25) is 0 Å². The van der Waals surface area contributed by atoms with Crippen molar-refractivity contribution in [2.75, 3.05) is 13.2 Å². The molecule has 1 saturated heterocycles. The summed E-state index contributed by atoms with van der Waals surface area (Å²) in [5, 5.41) is 3.48. The van der Waals surface area contributed by atoms with Gasteiger partial charge in [-0.05, 0) is 25.7 Å². The maximum atomic E-state index is 5.79. The number of halogens is 1. The van der Waals surface area contributed by atoms with Gasteiger partial charge in [-0.2, -0.15) is 0 Å². The van der Waals surface area contributed by atoms with E-state index < -0.39 is 0 Å². The lowest BCUT2D eigenvalue weighted by Crippen LogP contribution is -2.53. The molecule has 0 amide bonds. The normalized spacial score (nSPS) is 42.0. The second-order valence-corrected chi connectivity index (χ2v) is 4.18. The summed E-state index contributed by atoms with van der Waals surface area (Å²) in [6.45, 7) is 6.46. The van der Waals surface area contributed by atoms with Crippen molar-refractivity contribution in [1.82, 2.24) is 5.32 Å². The maximum absolute atomic E-state index is 5.79. The summed E-state index contributed by atoms with van der Waals surface area (Å²) in [6, 6.07) is 0. The highest BCUT2D eigenvalue weighted by Gasteiger charge is 2.44. The molecule has 2 atom stereocenters. The number of nitrogens with one attached hydrogen (secondary N) is 1. The maximum Gasteiger partial charge on any atom is 0.119 e. The van der Waals surface area contributed by atoms with E-state index in [-0.39, 0.29) is 18.1 Å². The Morgan fingerprint density at radius 3 is 2.50 bits per heavy atom. The molecule has 12 heavy (non-hydrogen) atoms. The lowest BCUT2D eigenvalue weighted by molar-refractivity contribution is -0.114. The third kappa shape index (κ3) is 1.93. The van der Waals surface area contributed by atoms with Gasteiger partial charge in [-0.3, -0.25) is 5.32 Å². The molecule has 0 aromatic carbocycles. The molecule has 2 rings (SSSR count). The van der Waals surface area contributed by atoms with Gasteiger partial charge in [0, 0.05) is 12.5 Å². The Hall–Kier alpha value is 0.210. The SMILES string of the molecule is CC1CNC(C)(C2CC2)OC1.Cl. The average molecular weight is 192 g/mol. The molecule has 72 valence electrons. The van der Waals surface area contributed by atoms with Gasteiger partial charge in [0.1, 0.15) is 5.72 Å². The first-order valence-corrected chi connectivity index (χ1v) is 4.60. The summed E-state index contributed by atoms with van der Waals surface area (Å²) in [5.41, 5.74) is 0.0203. The molecule has 2 fully saturated rings. The summed E-state index contributed by atoms with van der Waals surface area (Å²) in [4.78, 5) is 0. The molecule has 0 bridgehead atoms. The quantitative estimate of drug-likeness (QED) is 0.683. The van der Waals surface area contributed by atoms with Gasteiger partial charge in [0.15, 0.2) is 0 Å². The zero-order valence-electron chi connectivity index (χ0n) is 7.80. The molecule has 1 aliphatic carbocycles. The largest absolute Gasteiger partial charge is 0.360 e. The lowest BCUT2D eigenvalue weighted by Gasteiger charge is -2.38. The van der Waals surface area contributed by atoms with Crippen LogP contribution in [0.4, 0.5) is 0 Å². The summed E-state index contributed by atoms with van der Waals surface area (Å²) in [7, 11) is 0. The van der Waals surface area contributed by atoms with Crippen LogP contribution in [-0.4, -0.2) is 18.9 Å². The minimum Gasteiger partial charge on any atom is -0.360 e. The number of rotatable bonds is 1. The number of hydrogen-bond donors (Lipinski definition) is 1. The number of hydrogen-bond acceptors (Lipinski definition) is 2. The van der Waals surface area contributed by atoms with Crippen molar-refractivity contribution in [1.29, 1.82) is 0 Å². The van der Waals surface area contributed by atoms with Gasteiger partial charge in [0.05, 0.1) is 6.61 Å². The molecular weight excluding hydrogens is 174 g/mol. The molecule has 3 heteroatoms. The molecule has 2 aliphatic rings. The van der Waals surface area contributed by atoms with Gasteiger partial charge in [-0.1, -0.05) is 6.92 Å². The molecule has 1 N–H and O–H groups in total. The van der Waals surface area contributed by atoms with Crippen molar-refractivity contribution < 1.29 is 4.74 Å². The van der Waals surface area contributed by atoms with Crippen LogP contribution in [0.5, 0.6) is 0 Å². The fourth-order valence-electron chi connectivity index (χ4n) is 1.70. The summed E-state index contributed by atoms with van der Waals surface area (Å²) < 4.78 is 5.79. The van der Waals surface area contributed by atoms with Crippen LogP contribution in [0.3, 0.4) is 0 Å². The molecule has 2 unspecified atom stereocenters. The Morgan fingerprint density at radius 1 is 1.42 bits per heavy atom. The van der Waals surface area contributed by atoms with E-state index >= 15 is 0 Å². The van der Waals surface area contributed by atoms with Crippen molar-refractivity contribution in [2.45, 2.75) is 32.4 Å². The van der Waals surface area contributed by atoms with Crippen LogP contribution >= 0.6 is 12.4 Å². The molecule has 0 radical (unpaired) electrons. The topological polar surface area (TPSA) is 21.3 Å². The van der Waals surface area contributed by atoms with E-state index in [9.17, 15) is 0 Å². The third-order valence-electron chi connectivity index (χ3n) is 2.83. The second kappa shape index (κ2) is 3.52. The van der Waals surface area contributed by atoms with Crippen molar-refractivity contribution in [3.05, 3.63) is 0 Å². The minimum atomic E-state index is 0. The van der Waals surface area contributed by atoms with Gasteiger partial charge >= 0.3 is 0 Å². The van der Waals surface area contributed by atoms with Gasteiger partial charge in [-0.25, -0.2) is 0 Å². The van der Waals surface area contributed by atoms with E-state index in [4.69, 9.17) is 4.74 Å². The Balaban J connectivity index is 0.000000720. The van der Waals surface area contributed by atoms with E-state index in [0.717, 1.165) is 19.1 Å². The van der Waals surface area contributed by atoms with Crippen molar-refractivity contribution >= 4 is 12.4 Å². The van der Waals surface area contributed by atoms with Gasteiger partial charge < -0.3 is 4.74 Å². The Labute approximate surface area is 80.5 Å².